The van der Waals surface area contributed by atoms with E-state index < -0.39 is 5.72 Å². The SMILES string of the molecule is CC1(N)Oc2[nH]nc(-c3ccccc3)c2C(c2ccccc2)=C1C#N. The molecule has 122 valence electrons. The van der Waals surface area contributed by atoms with Crippen molar-refractivity contribution >= 4 is 5.57 Å². The minimum Gasteiger partial charge on any atom is -0.451 e. The van der Waals surface area contributed by atoms with E-state index in [1.165, 1.54) is 0 Å². The van der Waals surface area contributed by atoms with Gasteiger partial charge in [-0.15, -0.1) is 0 Å². The number of ether oxygens (including phenoxy) is 1. The van der Waals surface area contributed by atoms with Gasteiger partial charge in [0.05, 0.1) is 11.1 Å². The standard InChI is InChI=1S/C20H16N4O/c1-20(22)15(12-21)16(13-8-4-2-5-9-13)17-18(23-24-19(17)25-20)14-10-6-3-7-11-14/h2-11H,22H2,1H3,(H,23,24). The quantitative estimate of drug-likeness (QED) is 0.754. The smallest absolute Gasteiger partial charge is 0.220 e. The van der Waals surface area contributed by atoms with Gasteiger partial charge in [0.25, 0.3) is 0 Å². The molecule has 3 aromatic rings. The molecule has 1 aliphatic rings. The second-order valence-corrected chi connectivity index (χ2v) is 6.08. The fourth-order valence-electron chi connectivity index (χ4n) is 3.13. The van der Waals surface area contributed by atoms with Gasteiger partial charge in [0.2, 0.25) is 5.88 Å². The van der Waals surface area contributed by atoms with E-state index in [1.807, 2.05) is 60.7 Å². The maximum absolute atomic E-state index is 9.78. The number of benzene rings is 2. The van der Waals surface area contributed by atoms with Crippen molar-refractivity contribution in [1.82, 2.24) is 10.2 Å². The van der Waals surface area contributed by atoms with Gasteiger partial charge in [0, 0.05) is 11.1 Å². The molecule has 2 aromatic carbocycles. The van der Waals surface area contributed by atoms with Gasteiger partial charge >= 0.3 is 0 Å². The summed E-state index contributed by atoms with van der Waals surface area (Å²) in [5.41, 5.74) is 9.51. The number of H-pyrrole nitrogens is 1. The van der Waals surface area contributed by atoms with Crippen LogP contribution in [0.3, 0.4) is 0 Å². The topological polar surface area (TPSA) is 87.7 Å². The molecule has 0 saturated carbocycles. The Morgan fingerprint density at radius 2 is 1.64 bits per heavy atom. The zero-order chi connectivity index (χ0) is 17.4. The molecular weight excluding hydrogens is 312 g/mol. The van der Waals surface area contributed by atoms with Crippen LogP contribution in [0, 0.1) is 11.3 Å². The van der Waals surface area contributed by atoms with Crippen molar-refractivity contribution in [3.05, 3.63) is 77.4 Å². The van der Waals surface area contributed by atoms with Gasteiger partial charge in [-0.3, -0.25) is 5.73 Å². The van der Waals surface area contributed by atoms with Crippen molar-refractivity contribution in [2.45, 2.75) is 12.6 Å². The molecule has 0 saturated heterocycles. The first kappa shape index (κ1) is 15.2. The largest absolute Gasteiger partial charge is 0.451 e. The van der Waals surface area contributed by atoms with Gasteiger partial charge in [-0.05, 0) is 12.5 Å². The lowest BCUT2D eigenvalue weighted by Gasteiger charge is -2.31. The van der Waals surface area contributed by atoms with Crippen molar-refractivity contribution in [1.29, 1.82) is 5.26 Å². The Bertz CT molecular complexity index is 995. The maximum atomic E-state index is 9.78. The van der Waals surface area contributed by atoms with Gasteiger partial charge in [-0.2, -0.15) is 10.4 Å². The predicted octanol–water partition coefficient (Wildman–Crippen LogP) is 3.47. The van der Waals surface area contributed by atoms with Crippen LogP contribution in [-0.4, -0.2) is 15.9 Å². The molecule has 5 nitrogen and oxygen atoms in total. The number of hydrogen-bond donors (Lipinski definition) is 2. The van der Waals surface area contributed by atoms with E-state index in [0.29, 0.717) is 11.5 Å². The fourth-order valence-corrected chi connectivity index (χ4v) is 3.13. The number of fused-ring (bicyclic) bond motifs is 1. The summed E-state index contributed by atoms with van der Waals surface area (Å²) in [5, 5.41) is 17.1. The monoisotopic (exact) mass is 328 g/mol. The summed E-state index contributed by atoms with van der Waals surface area (Å²) in [6, 6.07) is 21.8. The summed E-state index contributed by atoms with van der Waals surface area (Å²) in [6.45, 7) is 1.68. The molecule has 0 spiro atoms. The summed E-state index contributed by atoms with van der Waals surface area (Å²) in [7, 11) is 0. The van der Waals surface area contributed by atoms with Crippen LogP contribution in [0.25, 0.3) is 16.8 Å². The summed E-state index contributed by atoms with van der Waals surface area (Å²) < 4.78 is 5.86. The molecule has 5 heteroatoms. The van der Waals surface area contributed by atoms with E-state index in [0.717, 1.165) is 28.0 Å². The highest BCUT2D eigenvalue weighted by molar-refractivity contribution is 5.94. The molecule has 0 radical (unpaired) electrons. The fraction of sp³-hybridized carbons (Fsp3) is 0.100. The average Bonchev–Trinajstić information content (AvgIpc) is 3.04. The molecule has 0 amide bonds. The number of nitrogens with zero attached hydrogens (tertiary/aromatic N) is 2. The summed E-state index contributed by atoms with van der Waals surface area (Å²) in [5.74, 6) is 0.474. The first-order chi connectivity index (χ1) is 12.1. The van der Waals surface area contributed by atoms with Gasteiger partial charge in [0.15, 0.2) is 5.72 Å². The highest BCUT2D eigenvalue weighted by Gasteiger charge is 2.39. The van der Waals surface area contributed by atoms with Crippen molar-refractivity contribution in [3.63, 3.8) is 0 Å². The third-order valence-corrected chi connectivity index (χ3v) is 4.27. The Balaban J connectivity index is 2.05. The minimum atomic E-state index is -1.23. The molecule has 1 aromatic heterocycles. The van der Waals surface area contributed by atoms with Crippen LogP contribution in [0.2, 0.25) is 0 Å². The summed E-state index contributed by atoms with van der Waals surface area (Å²) >= 11 is 0. The highest BCUT2D eigenvalue weighted by Crippen LogP contribution is 2.45. The van der Waals surface area contributed by atoms with Gasteiger partial charge in [-0.25, -0.2) is 5.10 Å². The van der Waals surface area contributed by atoms with E-state index in [1.54, 1.807) is 6.92 Å². The summed E-state index contributed by atoms with van der Waals surface area (Å²) in [6.07, 6.45) is 0. The number of hydrogen-bond acceptors (Lipinski definition) is 4. The van der Waals surface area contributed by atoms with E-state index in [4.69, 9.17) is 10.5 Å². The zero-order valence-corrected chi connectivity index (χ0v) is 13.7. The molecule has 3 N–H and O–H groups in total. The number of nitrogens with one attached hydrogen (secondary N) is 1. The third kappa shape index (κ3) is 2.40. The number of aromatic nitrogens is 2. The Morgan fingerprint density at radius 1 is 1.04 bits per heavy atom. The van der Waals surface area contributed by atoms with Crippen LogP contribution in [0.15, 0.2) is 66.2 Å². The van der Waals surface area contributed by atoms with Gasteiger partial charge < -0.3 is 4.74 Å². The van der Waals surface area contributed by atoms with Crippen LogP contribution in [0.1, 0.15) is 18.1 Å². The molecule has 0 fully saturated rings. The molecule has 25 heavy (non-hydrogen) atoms. The lowest BCUT2D eigenvalue weighted by atomic mass is 9.86. The number of nitrogens with two attached hydrogens (primary N) is 1. The van der Waals surface area contributed by atoms with E-state index in [2.05, 4.69) is 16.3 Å². The molecular formula is C20H16N4O. The van der Waals surface area contributed by atoms with Crippen LogP contribution in [0.5, 0.6) is 5.88 Å². The van der Waals surface area contributed by atoms with Crippen LogP contribution < -0.4 is 10.5 Å². The Labute approximate surface area is 145 Å². The third-order valence-electron chi connectivity index (χ3n) is 4.27. The van der Waals surface area contributed by atoms with Gasteiger partial charge in [-0.1, -0.05) is 60.7 Å². The first-order valence-corrected chi connectivity index (χ1v) is 7.94. The highest BCUT2D eigenvalue weighted by atomic mass is 16.5. The molecule has 1 unspecified atom stereocenters. The van der Waals surface area contributed by atoms with Crippen molar-refractivity contribution < 1.29 is 4.74 Å². The van der Waals surface area contributed by atoms with Crippen LogP contribution in [0.4, 0.5) is 0 Å². The molecule has 0 aliphatic carbocycles. The van der Waals surface area contributed by atoms with E-state index in [-0.39, 0.29) is 0 Å². The number of rotatable bonds is 2. The zero-order valence-electron chi connectivity index (χ0n) is 13.7. The van der Waals surface area contributed by atoms with Crippen molar-refractivity contribution in [2.24, 2.45) is 5.73 Å². The average molecular weight is 328 g/mol. The Morgan fingerprint density at radius 3 is 2.24 bits per heavy atom. The minimum absolute atomic E-state index is 0.379. The molecule has 4 rings (SSSR count). The molecule has 1 aliphatic heterocycles. The summed E-state index contributed by atoms with van der Waals surface area (Å²) in [4.78, 5) is 0. The second-order valence-electron chi connectivity index (χ2n) is 6.08. The molecule has 2 heterocycles. The van der Waals surface area contributed by atoms with Crippen molar-refractivity contribution in [3.8, 4) is 23.2 Å². The van der Waals surface area contributed by atoms with Gasteiger partial charge in [0.1, 0.15) is 11.8 Å². The normalized spacial score (nSPS) is 19.1. The molecule has 1 atom stereocenters. The predicted molar refractivity (Wildman–Crippen MR) is 95.3 cm³/mol. The van der Waals surface area contributed by atoms with Crippen LogP contribution in [-0.2, 0) is 0 Å². The van der Waals surface area contributed by atoms with Crippen LogP contribution >= 0.6 is 0 Å². The molecule has 0 bridgehead atoms. The first-order valence-electron chi connectivity index (χ1n) is 7.94. The number of aromatic amines is 1. The number of nitriles is 1. The second kappa shape index (κ2) is 5.62. The van der Waals surface area contributed by atoms with E-state index in [9.17, 15) is 5.26 Å². The Kier molecular flexibility index (Phi) is 3.41. The van der Waals surface area contributed by atoms with E-state index >= 15 is 0 Å². The Hall–Kier alpha value is -3.36. The lowest BCUT2D eigenvalue weighted by molar-refractivity contribution is 0.129. The van der Waals surface area contributed by atoms with Crippen molar-refractivity contribution in [2.75, 3.05) is 0 Å². The lowest BCUT2D eigenvalue weighted by Crippen LogP contribution is -2.46. The maximum Gasteiger partial charge on any atom is 0.220 e.